The van der Waals surface area contributed by atoms with Gasteiger partial charge in [-0.15, -0.1) is 0 Å². The Balaban J connectivity index is 3.55. The van der Waals surface area contributed by atoms with Crippen molar-refractivity contribution in [3.05, 3.63) is 29.3 Å². The minimum Gasteiger partial charge on any atom is -0.403 e. The summed E-state index contributed by atoms with van der Waals surface area (Å²) in [6.45, 7) is 0. The maximum absolute atomic E-state index is 12.5. The molecule has 0 heterocycles. The Labute approximate surface area is 101 Å². The molecular weight excluding hydrogens is 305 g/mol. The summed E-state index contributed by atoms with van der Waals surface area (Å²) in [5.74, 6) is -1.95. The molecule has 0 aliphatic rings. The number of rotatable bonds is 2. The quantitative estimate of drug-likeness (QED) is 0.650. The first-order chi connectivity index (χ1) is 8.32. The topological polar surface area (TPSA) is 66.8 Å². The predicted octanol–water partition coefficient (Wildman–Crippen LogP) is 3.20. The largest absolute Gasteiger partial charge is 0.524 e. The third-order valence-corrected chi connectivity index (χ3v) is 2.26. The van der Waals surface area contributed by atoms with Crippen LogP contribution in [0, 0.1) is 0 Å². The van der Waals surface area contributed by atoms with Crippen LogP contribution < -0.4 is 4.52 Å². The van der Waals surface area contributed by atoms with Gasteiger partial charge in [-0.25, -0.2) is 4.57 Å². The van der Waals surface area contributed by atoms with Gasteiger partial charge in [0.2, 0.25) is 0 Å². The number of para-hydroxylation sites is 1. The molecule has 0 amide bonds. The molecule has 0 fully saturated rings. The summed E-state index contributed by atoms with van der Waals surface area (Å²) in [4.78, 5) is 16.8. The standard InChI is InChI=1S/C8H5F6O4P/c9-7(10,11)4-2-1-3-5(8(12,13)14)6(4)18-19(15,16)17/h1-3H,(H2,15,16,17). The fourth-order valence-corrected chi connectivity index (χ4v) is 1.64. The van der Waals surface area contributed by atoms with Crippen molar-refractivity contribution in [2.75, 3.05) is 0 Å². The molecule has 0 bridgehead atoms. The third-order valence-electron chi connectivity index (χ3n) is 1.84. The van der Waals surface area contributed by atoms with E-state index < -0.39 is 37.1 Å². The molecule has 0 aliphatic carbocycles. The molecule has 0 saturated carbocycles. The van der Waals surface area contributed by atoms with Crippen LogP contribution in [0.3, 0.4) is 0 Å². The monoisotopic (exact) mass is 310 g/mol. The van der Waals surface area contributed by atoms with Gasteiger partial charge in [0.1, 0.15) is 0 Å². The van der Waals surface area contributed by atoms with Crippen molar-refractivity contribution in [3.63, 3.8) is 0 Å². The van der Waals surface area contributed by atoms with Crippen molar-refractivity contribution in [2.45, 2.75) is 12.4 Å². The zero-order valence-corrected chi connectivity index (χ0v) is 9.55. The van der Waals surface area contributed by atoms with Crippen LogP contribution in [0.25, 0.3) is 0 Å². The molecular formula is C8H5F6O4P. The highest BCUT2D eigenvalue weighted by Gasteiger charge is 2.43. The van der Waals surface area contributed by atoms with Crippen LogP contribution in [0.15, 0.2) is 18.2 Å². The lowest BCUT2D eigenvalue weighted by Gasteiger charge is -2.18. The van der Waals surface area contributed by atoms with Crippen LogP contribution in [-0.4, -0.2) is 9.79 Å². The normalized spacial score (nSPS) is 13.5. The summed E-state index contributed by atoms with van der Waals surface area (Å²) < 4.78 is 89.0. The molecule has 0 atom stereocenters. The van der Waals surface area contributed by atoms with Crippen molar-refractivity contribution in [1.82, 2.24) is 0 Å². The second kappa shape index (κ2) is 4.69. The molecule has 0 unspecified atom stereocenters. The fourth-order valence-electron chi connectivity index (χ4n) is 1.20. The van der Waals surface area contributed by atoms with Gasteiger partial charge < -0.3 is 4.52 Å². The van der Waals surface area contributed by atoms with Crippen LogP contribution in [0.2, 0.25) is 0 Å². The Morgan fingerprint density at radius 2 is 1.32 bits per heavy atom. The van der Waals surface area contributed by atoms with Crippen molar-refractivity contribution >= 4 is 7.82 Å². The summed E-state index contributed by atoms with van der Waals surface area (Å²) in [7, 11) is -5.58. The summed E-state index contributed by atoms with van der Waals surface area (Å²) in [6, 6.07) is 0.901. The molecule has 1 aromatic carbocycles. The van der Waals surface area contributed by atoms with E-state index in [0.29, 0.717) is 6.07 Å². The number of alkyl halides is 6. The lowest BCUT2D eigenvalue weighted by molar-refractivity contribution is -0.144. The number of phosphoric acid groups is 1. The molecule has 0 spiro atoms. The highest BCUT2D eigenvalue weighted by Crippen LogP contribution is 2.49. The van der Waals surface area contributed by atoms with Gasteiger partial charge in [-0.3, -0.25) is 9.79 Å². The molecule has 0 aromatic heterocycles. The summed E-state index contributed by atoms with van der Waals surface area (Å²) in [5.41, 5.74) is -3.85. The number of benzene rings is 1. The molecule has 0 aliphatic heterocycles. The molecule has 2 N–H and O–H groups in total. The van der Waals surface area contributed by atoms with Gasteiger partial charge in [0.05, 0.1) is 11.1 Å². The number of hydrogen-bond donors (Lipinski definition) is 2. The molecule has 11 heteroatoms. The van der Waals surface area contributed by atoms with Gasteiger partial charge >= 0.3 is 20.2 Å². The van der Waals surface area contributed by atoms with E-state index >= 15 is 0 Å². The van der Waals surface area contributed by atoms with E-state index in [-0.39, 0.29) is 12.1 Å². The maximum atomic E-state index is 12.5. The van der Waals surface area contributed by atoms with Crippen molar-refractivity contribution in [1.29, 1.82) is 0 Å². The number of halogens is 6. The highest BCUT2D eigenvalue weighted by molar-refractivity contribution is 7.46. The first-order valence-corrected chi connectivity index (χ1v) is 5.88. The van der Waals surface area contributed by atoms with E-state index in [1.165, 1.54) is 0 Å². The van der Waals surface area contributed by atoms with Gasteiger partial charge in [0.15, 0.2) is 5.75 Å². The average Bonchev–Trinajstić information content (AvgIpc) is 2.11. The summed E-state index contributed by atoms with van der Waals surface area (Å²) in [6.07, 6.45) is -10.5. The van der Waals surface area contributed by atoms with E-state index in [4.69, 9.17) is 9.79 Å². The Bertz CT molecular complexity index is 485. The smallest absolute Gasteiger partial charge is 0.403 e. The number of phosphoric ester groups is 1. The molecule has 0 radical (unpaired) electrons. The van der Waals surface area contributed by atoms with Crippen LogP contribution >= 0.6 is 7.82 Å². The first kappa shape index (κ1) is 15.8. The maximum Gasteiger partial charge on any atom is 0.524 e. The van der Waals surface area contributed by atoms with Crippen LogP contribution in [0.5, 0.6) is 5.75 Å². The minimum absolute atomic E-state index is 0.222. The van der Waals surface area contributed by atoms with Crippen LogP contribution in [-0.2, 0) is 16.9 Å². The number of hydrogen-bond acceptors (Lipinski definition) is 2. The van der Waals surface area contributed by atoms with Crippen molar-refractivity contribution in [3.8, 4) is 5.75 Å². The Kier molecular flexibility index (Phi) is 3.91. The van der Waals surface area contributed by atoms with Gasteiger partial charge in [0.25, 0.3) is 0 Å². The van der Waals surface area contributed by atoms with Crippen LogP contribution in [0.4, 0.5) is 26.3 Å². The minimum atomic E-state index is -5.58. The predicted molar refractivity (Wildman–Crippen MR) is 49.1 cm³/mol. The molecule has 1 aromatic rings. The molecule has 0 saturated heterocycles. The van der Waals surface area contributed by atoms with Gasteiger partial charge in [-0.05, 0) is 12.1 Å². The summed E-state index contributed by atoms with van der Waals surface area (Å²) >= 11 is 0. The lowest BCUT2D eigenvalue weighted by atomic mass is 10.1. The average molecular weight is 310 g/mol. The Hall–Kier alpha value is -1.25. The van der Waals surface area contributed by atoms with E-state index in [9.17, 15) is 30.9 Å². The van der Waals surface area contributed by atoms with Gasteiger partial charge in [-0.2, -0.15) is 26.3 Å². The van der Waals surface area contributed by atoms with E-state index in [1.807, 2.05) is 0 Å². The zero-order chi connectivity index (χ0) is 15.1. The highest BCUT2D eigenvalue weighted by atomic mass is 31.2. The SMILES string of the molecule is O=P(O)(O)Oc1c(C(F)(F)F)cccc1C(F)(F)F. The van der Waals surface area contributed by atoms with Crippen molar-refractivity contribution in [2.24, 2.45) is 0 Å². The molecule has 4 nitrogen and oxygen atoms in total. The fraction of sp³-hybridized carbons (Fsp3) is 0.250. The van der Waals surface area contributed by atoms with Gasteiger partial charge in [0, 0.05) is 0 Å². The Morgan fingerprint density at radius 1 is 0.947 bits per heavy atom. The van der Waals surface area contributed by atoms with E-state index in [1.54, 1.807) is 0 Å². The second-order valence-electron chi connectivity index (χ2n) is 3.26. The molecule has 1 rings (SSSR count). The first-order valence-electron chi connectivity index (χ1n) is 4.35. The summed E-state index contributed by atoms with van der Waals surface area (Å²) in [5, 5.41) is 0. The molecule has 108 valence electrons. The lowest BCUT2D eigenvalue weighted by Crippen LogP contribution is -2.14. The van der Waals surface area contributed by atoms with E-state index in [2.05, 4.69) is 4.52 Å². The molecule has 19 heavy (non-hydrogen) atoms. The zero-order valence-electron chi connectivity index (χ0n) is 8.66. The Morgan fingerprint density at radius 3 is 1.58 bits per heavy atom. The third kappa shape index (κ3) is 4.12. The van der Waals surface area contributed by atoms with E-state index in [0.717, 1.165) is 0 Å². The van der Waals surface area contributed by atoms with Crippen molar-refractivity contribution < 1.29 is 45.2 Å². The second-order valence-corrected chi connectivity index (χ2v) is 4.42. The van der Waals surface area contributed by atoms with Crippen LogP contribution in [0.1, 0.15) is 11.1 Å². The van der Waals surface area contributed by atoms with Gasteiger partial charge in [-0.1, -0.05) is 6.07 Å².